The Hall–Kier alpha value is -0.340. The second-order valence-corrected chi connectivity index (χ2v) is 5.39. The smallest absolute Gasteiger partial charge is 0.0220 e. The number of benzene rings is 1. The van der Waals surface area contributed by atoms with Crippen LogP contribution in [0.4, 0.5) is 0 Å². The molecule has 0 bridgehead atoms. The third-order valence-corrected chi connectivity index (χ3v) is 3.75. The molecule has 1 aromatic rings. The van der Waals surface area contributed by atoms with Crippen LogP contribution in [0.25, 0.3) is 0 Å². The first-order chi connectivity index (χ1) is 8.34. The topological polar surface area (TPSA) is 12.0 Å². The van der Waals surface area contributed by atoms with Crippen LogP contribution in [0.2, 0.25) is 0 Å². The molecule has 0 aromatic heterocycles. The standard InChI is InChI=1S/C15H24BrN/c1-2-3-4-5-6-9-12-17-13-14-10-7-8-11-15(14)16/h7-8,10-11,17H,2-6,9,12-13H2,1H3. The Bertz CT molecular complexity index is 299. The van der Waals surface area contributed by atoms with Crippen molar-refractivity contribution in [2.45, 2.75) is 52.0 Å². The predicted octanol–water partition coefficient (Wildman–Crippen LogP) is 4.90. The van der Waals surface area contributed by atoms with Gasteiger partial charge in [0.05, 0.1) is 0 Å². The van der Waals surface area contributed by atoms with E-state index < -0.39 is 0 Å². The largest absolute Gasteiger partial charge is 0.313 e. The van der Waals surface area contributed by atoms with Crippen molar-refractivity contribution in [2.24, 2.45) is 0 Å². The summed E-state index contributed by atoms with van der Waals surface area (Å²) in [5.41, 5.74) is 1.35. The van der Waals surface area contributed by atoms with Crippen LogP contribution in [0.3, 0.4) is 0 Å². The molecule has 0 aliphatic carbocycles. The Balaban J connectivity index is 1.99. The molecule has 0 spiro atoms. The minimum atomic E-state index is 0.969. The molecule has 0 aliphatic heterocycles. The average Bonchev–Trinajstić information content (AvgIpc) is 2.35. The third kappa shape index (κ3) is 6.85. The van der Waals surface area contributed by atoms with Gasteiger partial charge in [-0.1, -0.05) is 73.2 Å². The Kier molecular flexibility index (Phi) is 8.37. The molecule has 0 atom stereocenters. The van der Waals surface area contributed by atoms with Crippen LogP contribution >= 0.6 is 15.9 Å². The zero-order valence-electron chi connectivity index (χ0n) is 10.8. The summed E-state index contributed by atoms with van der Waals surface area (Å²) in [4.78, 5) is 0. The van der Waals surface area contributed by atoms with Gasteiger partial charge in [0.15, 0.2) is 0 Å². The predicted molar refractivity (Wildman–Crippen MR) is 79.2 cm³/mol. The maximum absolute atomic E-state index is 3.57. The molecule has 0 radical (unpaired) electrons. The molecule has 0 fully saturated rings. The second kappa shape index (κ2) is 9.67. The monoisotopic (exact) mass is 297 g/mol. The summed E-state index contributed by atoms with van der Waals surface area (Å²) >= 11 is 3.57. The lowest BCUT2D eigenvalue weighted by molar-refractivity contribution is 0.571. The van der Waals surface area contributed by atoms with Gasteiger partial charge in [-0.3, -0.25) is 0 Å². The van der Waals surface area contributed by atoms with Crippen LogP contribution < -0.4 is 5.32 Å². The average molecular weight is 298 g/mol. The molecule has 0 heterocycles. The van der Waals surface area contributed by atoms with Gasteiger partial charge in [0.25, 0.3) is 0 Å². The number of hydrogen-bond acceptors (Lipinski definition) is 1. The summed E-state index contributed by atoms with van der Waals surface area (Å²) < 4.78 is 1.20. The SMILES string of the molecule is CCCCCCCCNCc1ccccc1Br. The molecule has 1 rings (SSSR count). The molecule has 0 saturated heterocycles. The van der Waals surface area contributed by atoms with Gasteiger partial charge >= 0.3 is 0 Å². The number of hydrogen-bond donors (Lipinski definition) is 1. The molecule has 96 valence electrons. The first-order valence-corrected chi connectivity index (χ1v) is 7.58. The first kappa shape index (κ1) is 14.7. The van der Waals surface area contributed by atoms with E-state index in [0.29, 0.717) is 0 Å². The van der Waals surface area contributed by atoms with Crippen LogP contribution in [0, 0.1) is 0 Å². The molecule has 0 saturated carbocycles. The van der Waals surface area contributed by atoms with E-state index in [0.717, 1.165) is 13.1 Å². The Labute approximate surface area is 114 Å². The maximum atomic E-state index is 3.57. The van der Waals surface area contributed by atoms with Gasteiger partial charge < -0.3 is 5.32 Å². The second-order valence-electron chi connectivity index (χ2n) is 4.54. The molecular formula is C15H24BrN. The molecule has 0 unspecified atom stereocenters. The van der Waals surface area contributed by atoms with E-state index >= 15 is 0 Å². The number of rotatable bonds is 9. The van der Waals surface area contributed by atoms with Crippen LogP contribution in [0.5, 0.6) is 0 Å². The van der Waals surface area contributed by atoms with Gasteiger partial charge in [0, 0.05) is 11.0 Å². The van der Waals surface area contributed by atoms with Crippen molar-refractivity contribution in [1.29, 1.82) is 0 Å². The normalized spacial score (nSPS) is 10.7. The summed E-state index contributed by atoms with van der Waals surface area (Å²) in [6, 6.07) is 8.41. The molecule has 1 nitrogen and oxygen atoms in total. The summed E-state index contributed by atoms with van der Waals surface area (Å²) in [5, 5.41) is 3.50. The van der Waals surface area contributed by atoms with Crippen molar-refractivity contribution in [3.8, 4) is 0 Å². The van der Waals surface area contributed by atoms with Crippen LogP contribution in [0.15, 0.2) is 28.7 Å². The lowest BCUT2D eigenvalue weighted by Gasteiger charge is -2.06. The number of halogens is 1. The van der Waals surface area contributed by atoms with Gasteiger partial charge in [0.1, 0.15) is 0 Å². The minimum absolute atomic E-state index is 0.969. The molecule has 0 aliphatic rings. The van der Waals surface area contributed by atoms with E-state index in [9.17, 15) is 0 Å². The van der Waals surface area contributed by atoms with E-state index in [-0.39, 0.29) is 0 Å². The van der Waals surface area contributed by atoms with Crippen molar-refractivity contribution >= 4 is 15.9 Å². The van der Waals surface area contributed by atoms with E-state index in [1.165, 1.54) is 48.6 Å². The van der Waals surface area contributed by atoms with Gasteiger partial charge in [-0.05, 0) is 24.6 Å². The fourth-order valence-corrected chi connectivity index (χ4v) is 2.32. The molecular weight excluding hydrogens is 274 g/mol. The van der Waals surface area contributed by atoms with Gasteiger partial charge in [-0.2, -0.15) is 0 Å². The van der Waals surface area contributed by atoms with Crippen LogP contribution in [-0.4, -0.2) is 6.54 Å². The number of nitrogens with one attached hydrogen (secondary N) is 1. The maximum Gasteiger partial charge on any atom is 0.0220 e. The molecule has 17 heavy (non-hydrogen) atoms. The van der Waals surface area contributed by atoms with E-state index in [4.69, 9.17) is 0 Å². The van der Waals surface area contributed by atoms with Gasteiger partial charge in [-0.15, -0.1) is 0 Å². The van der Waals surface area contributed by atoms with E-state index in [1.807, 2.05) is 0 Å². The van der Waals surface area contributed by atoms with Crippen LogP contribution in [-0.2, 0) is 6.54 Å². The van der Waals surface area contributed by atoms with Crippen molar-refractivity contribution in [2.75, 3.05) is 6.54 Å². The molecule has 1 N–H and O–H groups in total. The van der Waals surface area contributed by atoms with Crippen molar-refractivity contribution < 1.29 is 0 Å². The molecule has 2 heteroatoms. The highest BCUT2D eigenvalue weighted by atomic mass is 79.9. The molecule has 1 aromatic carbocycles. The highest BCUT2D eigenvalue weighted by Gasteiger charge is 1.97. The van der Waals surface area contributed by atoms with Crippen molar-refractivity contribution in [3.63, 3.8) is 0 Å². The lowest BCUT2D eigenvalue weighted by atomic mass is 10.1. The summed E-state index contributed by atoms with van der Waals surface area (Å²) in [5.74, 6) is 0. The Morgan fingerprint density at radius 2 is 1.71 bits per heavy atom. The zero-order chi connectivity index (χ0) is 12.3. The summed E-state index contributed by atoms with van der Waals surface area (Å²) in [6.07, 6.45) is 8.19. The highest BCUT2D eigenvalue weighted by molar-refractivity contribution is 9.10. The zero-order valence-corrected chi connectivity index (χ0v) is 12.4. The fourth-order valence-electron chi connectivity index (χ4n) is 1.90. The van der Waals surface area contributed by atoms with E-state index in [1.54, 1.807) is 0 Å². The van der Waals surface area contributed by atoms with E-state index in [2.05, 4.69) is 52.4 Å². The van der Waals surface area contributed by atoms with Gasteiger partial charge in [-0.25, -0.2) is 0 Å². The minimum Gasteiger partial charge on any atom is -0.313 e. The quantitative estimate of drug-likeness (QED) is 0.639. The Morgan fingerprint density at radius 1 is 1.00 bits per heavy atom. The Morgan fingerprint density at radius 3 is 2.47 bits per heavy atom. The van der Waals surface area contributed by atoms with Gasteiger partial charge in [0.2, 0.25) is 0 Å². The lowest BCUT2D eigenvalue weighted by Crippen LogP contribution is -2.14. The molecule has 0 amide bonds. The first-order valence-electron chi connectivity index (χ1n) is 6.78. The van der Waals surface area contributed by atoms with Crippen molar-refractivity contribution in [3.05, 3.63) is 34.3 Å². The third-order valence-electron chi connectivity index (χ3n) is 2.98. The van der Waals surface area contributed by atoms with Crippen LogP contribution in [0.1, 0.15) is 51.0 Å². The summed E-state index contributed by atoms with van der Waals surface area (Å²) in [6.45, 7) is 4.36. The fraction of sp³-hybridized carbons (Fsp3) is 0.600. The summed E-state index contributed by atoms with van der Waals surface area (Å²) in [7, 11) is 0. The highest BCUT2D eigenvalue weighted by Crippen LogP contribution is 2.15. The number of unbranched alkanes of at least 4 members (excludes halogenated alkanes) is 5. The van der Waals surface area contributed by atoms with Crippen molar-refractivity contribution in [1.82, 2.24) is 5.32 Å².